The Morgan fingerprint density at radius 2 is 1.81 bits per heavy atom. The Bertz CT molecular complexity index is 563. The summed E-state index contributed by atoms with van der Waals surface area (Å²) >= 11 is 0. The minimum absolute atomic E-state index is 0.732. The van der Waals surface area contributed by atoms with Crippen LogP contribution in [0.4, 0.5) is 0 Å². The number of aromatic nitrogens is 1. The van der Waals surface area contributed by atoms with Crippen LogP contribution >= 0.6 is 0 Å². The van der Waals surface area contributed by atoms with Crippen LogP contribution in [0.25, 0.3) is 10.9 Å². The van der Waals surface area contributed by atoms with Crippen LogP contribution in [0, 0.1) is 6.92 Å². The van der Waals surface area contributed by atoms with Crippen molar-refractivity contribution in [3.63, 3.8) is 0 Å². The lowest BCUT2D eigenvalue weighted by Crippen LogP contribution is -2.10. The summed E-state index contributed by atoms with van der Waals surface area (Å²) in [5, 5.41) is 1.54. The first-order valence-corrected chi connectivity index (χ1v) is 8.84. The minimum atomic E-state index is 0.732. The quantitative estimate of drug-likeness (QED) is 0.567. The van der Waals surface area contributed by atoms with E-state index in [9.17, 15) is 0 Å². The molecule has 0 amide bonds. The molecule has 1 heterocycles. The molecule has 1 unspecified atom stereocenters. The van der Waals surface area contributed by atoms with Gasteiger partial charge < -0.3 is 4.57 Å². The Balaban J connectivity index is 0.000000510. The zero-order valence-electron chi connectivity index (χ0n) is 15.1. The van der Waals surface area contributed by atoms with Crippen LogP contribution in [0.5, 0.6) is 0 Å². The van der Waals surface area contributed by atoms with E-state index in [0.717, 1.165) is 12.5 Å². The molecule has 0 N–H and O–H groups in total. The standard InChI is InChI=1S/C16H21N.2C2H6/c1-4-17-13-9-5-7-11(2)15(13)16-12(3)8-6-10-14(16)17;2*1-2/h5,7,9,12H,4,6,8,10H2,1-3H3;2*1-2H3. The van der Waals surface area contributed by atoms with E-state index < -0.39 is 0 Å². The summed E-state index contributed by atoms with van der Waals surface area (Å²) in [6.07, 6.45) is 3.97. The summed E-state index contributed by atoms with van der Waals surface area (Å²) in [6, 6.07) is 6.74. The first kappa shape index (κ1) is 17.8. The Morgan fingerprint density at radius 1 is 1.14 bits per heavy atom. The topological polar surface area (TPSA) is 4.93 Å². The molecule has 3 rings (SSSR count). The van der Waals surface area contributed by atoms with Crippen molar-refractivity contribution in [1.82, 2.24) is 4.57 Å². The van der Waals surface area contributed by atoms with Gasteiger partial charge in [-0.25, -0.2) is 0 Å². The molecule has 1 aromatic carbocycles. The molecule has 0 aliphatic heterocycles. The van der Waals surface area contributed by atoms with Crippen LogP contribution < -0.4 is 0 Å². The summed E-state index contributed by atoms with van der Waals surface area (Å²) in [4.78, 5) is 0. The van der Waals surface area contributed by atoms with Crippen molar-refractivity contribution in [3.8, 4) is 0 Å². The minimum Gasteiger partial charge on any atom is -0.345 e. The number of benzene rings is 1. The lowest BCUT2D eigenvalue weighted by molar-refractivity contribution is 0.564. The molecule has 1 aliphatic rings. The van der Waals surface area contributed by atoms with Gasteiger partial charge in [0.05, 0.1) is 0 Å². The smallest absolute Gasteiger partial charge is 0.0488 e. The van der Waals surface area contributed by atoms with E-state index in [1.807, 2.05) is 27.7 Å². The van der Waals surface area contributed by atoms with Gasteiger partial charge in [-0.3, -0.25) is 0 Å². The summed E-state index contributed by atoms with van der Waals surface area (Å²) in [5.74, 6) is 0.732. The van der Waals surface area contributed by atoms with Gasteiger partial charge in [0.15, 0.2) is 0 Å². The molecule has 118 valence electrons. The lowest BCUT2D eigenvalue weighted by atomic mass is 9.85. The van der Waals surface area contributed by atoms with E-state index in [1.165, 1.54) is 35.7 Å². The second-order valence-corrected chi connectivity index (χ2v) is 5.37. The van der Waals surface area contributed by atoms with Gasteiger partial charge in [-0.05, 0) is 56.2 Å². The van der Waals surface area contributed by atoms with Gasteiger partial charge in [-0.1, -0.05) is 46.8 Å². The van der Waals surface area contributed by atoms with Crippen molar-refractivity contribution in [2.24, 2.45) is 0 Å². The number of hydrogen-bond donors (Lipinski definition) is 0. The van der Waals surface area contributed by atoms with Crippen molar-refractivity contribution in [3.05, 3.63) is 35.0 Å². The monoisotopic (exact) mass is 287 g/mol. The molecule has 0 spiro atoms. The van der Waals surface area contributed by atoms with Crippen molar-refractivity contribution in [2.75, 3.05) is 0 Å². The van der Waals surface area contributed by atoms with Gasteiger partial charge >= 0.3 is 0 Å². The molecule has 1 nitrogen and oxygen atoms in total. The molecular formula is C20H33N. The summed E-state index contributed by atoms with van der Waals surface area (Å²) in [5.41, 5.74) is 6.15. The molecule has 0 saturated heterocycles. The molecule has 0 saturated carbocycles. The van der Waals surface area contributed by atoms with Crippen molar-refractivity contribution in [1.29, 1.82) is 0 Å². The Hall–Kier alpha value is -1.24. The number of nitrogens with zero attached hydrogens (tertiary/aromatic N) is 1. The first-order valence-electron chi connectivity index (χ1n) is 8.84. The fourth-order valence-corrected chi connectivity index (χ4v) is 3.54. The summed E-state index contributed by atoms with van der Waals surface area (Å²) < 4.78 is 2.54. The van der Waals surface area contributed by atoms with E-state index in [0.29, 0.717) is 0 Å². The maximum atomic E-state index is 2.54. The molecular weight excluding hydrogens is 254 g/mol. The van der Waals surface area contributed by atoms with Gasteiger partial charge in [0.2, 0.25) is 0 Å². The van der Waals surface area contributed by atoms with Crippen LogP contribution in [0.2, 0.25) is 0 Å². The third-order valence-corrected chi connectivity index (χ3v) is 4.31. The zero-order chi connectivity index (χ0) is 16.0. The SMILES string of the molecule is CC.CC.CCn1c2c(c3c(C)cccc31)C(C)CCC2. The fraction of sp³-hybridized carbons (Fsp3) is 0.600. The molecule has 1 atom stereocenters. The highest BCUT2D eigenvalue weighted by Crippen LogP contribution is 2.40. The molecule has 21 heavy (non-hydrogen) atoms. The molecule has 2 aromatic rings. The number of rotatable bonds is 1. The van der Waals surface area contributed by atoms with E-state index in [-0.39, 0.29) is 0 Å². The molecule has 0 fully saturated rings. The summed E-state index contributed by atoms with van der Waals surface area (Å²) in [6.45, 7) is 16.0. The Morgan fingerprint density at radius 3 is 2.43 bits per heavy atom. The van der Waals surface area contributed by atoms with Gasteiger partial charge in [-0.15, -0.1) is 0 Å². The fourth-order valence-electron chi connectivity index (χ4n) is 3.54. The van der Waals surface area contributed by atoms with Gasteiger partial charge in [0.25, 0.3) is 0 Å². The Labute approximate surface area is 131 Å². The van der Waals surface area contributed by atoms with Gasteiger partial charge in [-0.2, -0.15) is 0 Å². The third-order valence-electron chi connectivity index (χ3n) is 4.31. The maximum Gasteiger partial charge on any atom is 0.0488 e. The number of hydrogen-bond acceptors (Lipinski definition) is 0. The Kier molecular flexibility index (Phi) is 7.01. The highest BCUT2D eigenvalue weighted by atomic mass is 15.0. The second kappa shape index (κ2) is 8.26. The summed E-state index contributed by atoms with van der Waals surface area (Å²) in [7, 11) is 0. The molecule has 1 aliphatic carbocycles. The third kappa shape index (κ3) is 3.17. The van der Waals surface area contributed by atoms with E-state index in [2.05, 4.69) is 43.5 Å². The normalized spacial score (nSPS) is 16.4. The van der Waals surface area contributed by atoms with E-state index in [4.69, 9.17) is 0 Å². The number of aryl methyl sites for hydroxylation is 2. The van der Waals surface area contributed by atoms with Crippen LogP contribution in [0.15, 0.2) is 18.2 Å². The highest BCUT2D eigenvalue weighted by Gasteiger charge is 2.24. The van der Waals surface area contributed by atoms with Crippen molar-refractivity contribution >= 4 is 10.9 Å². The predicted molar refractivity (Wildman–Crippen MR) is 96.4 cm³/mol. The van der Waals surface area contributed by atoms with E-state index in [1.54, 1.807) is 11.3 Å². The molecule has 0 radical (unpaired) electrons. The lowest BCUT2D eigenvalue weighted by Gasteiger charge is -2.21. The molecule has 1 aromatic heterocycles. The van der Waals surface area contributed by atoms with Crippen molar-refractivity contribution < 1.29 is 0 Å². The first-order chi connectivity index (χ1) is 10.2. The van der Waals surface area contributed by atoms with E-state index >= 15 is 0 Å². The second-order valence-electron chi connectivity index (χ2n) is 5.37. The highest BCUT2D eigenvalue weighted by molar-refractivity contribution is 5.89. The van der Waals surface area contributed by atoms with Gasteiger partial charge in [0, 0.05) is 23.1 Å². The molecule has 0 bridgehead atoms. The zero-order valence-corrected chi connectivity index (χ0v) is 15.1. The average molecular weight is 287 g/mol. The van der Waals surface area contributed by atoms with Crippen molar-refractivity contribution in [2.45, 2.75) is 80.2 Å². The maximum absolute atomic E-state index is 2.54. The van der Waals surface area contributed by atoms with Gasteiger partial charge in [0.1, 0.15) is 0 Å². The van der Waals surface area contributed by atoms with Crippen LogP contribution in [-0.4, -0.2) is 4.57 Å². The number of fused-ring (bicyclic) bond motifs is 3. The predicted octanol–water partition coefficient (Wildman–Crippen LogP) is 6.46. The largest absolute Gasteiger partial charge is 0.345 e. The molecule has 1 heteroatoms. The van der Waals surface area contributed by atoms with Crippen LogP contribution in [0.3, 0.4) is 0 Å². The van der Waals surface area contributed by atoms with Crippen LogP contribution in [0.1, 0.15) is 77.1 Å². The van der Waals surface area contributed by atoms with Crippen LogP contribution in [-0.2, 0) is 13.0 Å². The average Bonchev–Trinajstić information content (AvgIpc) is 2.87.